The van der Waals surface area contributed by atoms with Crippen molar-refractivity contribution in [2.45, 2.75) is 19.0 Å². The molecule has 184 valence electrons. The van der Waals surface area contributed by atoms with Gasteiger partial charge in [0, 0.05) is 5.02 Å². The number of nitrogens with one attached hydrogen (secondary N) is 2. The summed E-state index contributed by atoms with van der Waals surface area (Å²) in [6.07, 6.45) is 1.46. The van der Waals surface area contributed by atoms with Gasteiger partial charge in [-0.2, -0.15) is 9.67 Å². The molecular weight excluding hydrogens is 498 g/mol. The summed E-state index contributed by atoms with van der Waals surface area (Å²) in [4.78, 5) is 12.5. The lowest BCUT2D eigenvalue weighted by Gasteiger charge is -2.13. The van der Waals surface area contributed by atoms with Gasteiger partial charge in [0.15, 0.2) is 0 Å². The maximum atomic E-state index is 12.5. The zero-order chi connectivity index (χ0) is 25.5. The molecule has 0 unspecified atom stereocenters. The molecule has 0 bridgehead atoms. The van der Waals surface area contributed by atoms with E-state index in [1.807, 2.05) is 60.0 Å². The third-order valence-electron chi connectivity index (χ3n) is 5.09. The topological polar surface area (TPSA) is 106 Å². The highest BCUT2D eigenvalue weighted by Gasteiger charge is 2.24. The molecule has 10 heteroatoms. The number of aromatic nitrogens is 3. The van der Waals surface area contributed by atoms with Crippen molar-refractivity contribution in [3.05, 3.63) is 82.9 Å². The fourth-order valence-corrected chi connectivity index (χ4v) is 4.23. The number of aromatic amines is 1. The first-order valence-corrected chi connectivity index (χ1v) is 12.5. The van der Waals surface area contributed by atoms with Gasteiger partial charge in [0.25, 0.3) is 11.7 Å². The van der Waals surface area contributed by atoms with Gasteiger partial charge < -0.3 is 9.84 Å². The number of hydrogen-bond acceptors (Lipinski definition) is 6. The van der Waals surface area contributed by atoms with Crippen LogP contribution in [-0.2, 0) is 4.79 Å². The van der Waals surface area contributed by atoms with Crippen molar-refractivity contribution in [2.75, 3.05) is 12.4 Å². The van der Waals surface area contributed by atoms with E-state index in [9.17, 15) is 9.90 Å². The Hall–Kier alpha value is -3.82. The lowest BCUT2D eigenvalue weighted by molar-refractivity contribution is -0.625. The van der Waals surface area contributed by atoms with Crippen molar-refractivity contribution >= 4 is 35.5 Å². The van der Waals surface area contributed by atoms with Crippen LogP contribution in [0.15, 0.2) is 77.0 Å². The molecule has 4 rings (SSSR count). The number of hydrazone groups is 1. The largest absolute Gasteiger partial charge is 0.870 e. The Balaban J connectivity index is 1.47. The number of halogens is 1. The maximum absolute atomic E-state index is 12.5. The smallest absolute Gasteiger partial charge is 0.342 e. The fraction of sp³-hybridized carbons (Fsp3) is 0.154. The van der Waals surface area contributed by atoms with Crippen LogP contribution < -0.4 is 19.8 Å². The summed E-state index contributed by atoms with van der Waals surface area (Å²) in [7, 11) is 0. The predicted octanol–water partition coefficient (Wildman–Crippen LogP) is 4.03. The third kappa shape index (κ3) is 6.24. The van der Waals surface area contributed by atoms with E-state index in [4.69, 9.17) is 16.3 Å². The number of H-pyrrole nitrogens is 1. The van der Waals surface area contributed by atoms with E-state index in [1.54, 1.807) is 19.1 Å². The van der Waals surface area contributed by atoms with E-state index in [0.717, 1.165) is 22.6 Å². The molecule has 0 spiro atoms. The molecule has 0 fully saturated rings. The van der Waals surface area contributed by atoms with Crippen molar-refractivity contribution in [3.63, 3.8) is 0 Å². The van der Waals surface area contributed by atoms with Gasteiger partial charge in [0.05, 0.1) is 29.2 Å². The minimum atomic E-state index is -0.302. The van der Waals surface area contributed by atoms with E-state index in [2.05, 4.69) is 20.7 Å². The number of ether oxygens (including phenoxy) is 1. The summed E-state index contributed by atoms with van der Waals surface area (Å²) in [6.45, 7) is 4.22. The molecule has 2 N–H and O–H groups in total. The van der Waals surface area contributed by atoms with E-state index in [0.29, 0.717) is 22.3 Å². The number of nitrogens with zero attached hydrogens (tertiary/aromatic N) is 3. The molecule has 3 aromatic carbocycles. The zero-order valence-corrected chi connectivity index (χ0v) is 21.3. The van der Waals surface area contributed by atoms with E-state index in [1.165, 1.54) is 24.0 Å². The minimum absolute atomic E-state index is 0.0901. The highest BCUT2D eigenvalue weighted by Crippen LogP contribution is 2.24. The SMILES string of the molecule is CCOc1cc(/C=N/NC(=O)CSc2n[nH]c(-c3ccc(C)cc3)[n+]2-c2ccc(Cl)cc2)ccc1[O-]. The summed E-state index contributed by atoms with van der Waals surface area (Å²) in [5, 5.41) is 24.5. The number of amides is 1. The Morgan fingerprint density at radius 3 is 2.67 bits per heavy atom. The lowest BCUT2D eigenvalue weighted by atomic mass is 10.1. The molecular formula is C26H24ClN5O3S. The van der Waals surface area contributed by atoms with Gasteiger partial charge in [-0.05, 0) is 73.6 Å². The Labute approximate surface area is 218 Å². The molecule has 0 saturated carbocycles. The van der Waals surface area contributed by atoms with Crippen molar-refractivity contribution in [1.82, 2.24) is 15.6 Å². The van der Waals surface area contributed by atoms with Gasteiger partial charge in [0.2, 0.25) is 0 Å². The second-order valence-electron chi connectivity index (χ2n) is 7.75. The second kappa shape index (κ2) is 11.7. The first-order valence-electron chi connectivity index (χ1n) is 11.2. The predicted molar refractivity (Wildman–Crippen MR) is 139 cm³/mol. The van der Waals surface area contributed by atoms with Crippen LogP contribution in [0.2, 0.25) is 5.02 Å². The molecule has 1 aromatic heterocycles. The Bertz CT molecular complexity index is 1370. The Kier molecular flexibility index (Phi) is 8.24. The average Bonchev–Trinajstić information content (AvgIpc) is 3.29. The number of aryl methyl sites for hydroxylation is 1. The number of rotatable bonds is 9. The molecule has 1 heterocycles. The number of hydrogen-bond donors (Lipinski definition) is 2. The number of carbonyl (C=O) groups is 1. The van der Waals surface area contributed by atoms with Crippen molar-refractivity contribution in [1.29, 1.82) is 0 Å². The normalized spacial score (nSPS) is 11.1. The van der Waals surface area contributed by atoms with Crippen LogP contribution in [0.1, 0.15) is 18.1 Å². The molecule has 0 aliphatic rings. The fourth-order valence-electron chi connectivity index (χ4n) is 3.34. The zero-order valence-electron chi connectivity index (χ0n) is 19.7. The summed E-state index contributed by atoms with van der Waals surface area (Å²) in [5.74, 6) is 0.618. The highest BCUT2D eigenvalue weighted by molar-refractivity contribution is 7.99. The highest BCUT2D eigenvalue weighted by atomic mass is 35.5. The first kappa shape index (κ1) is 25.3. The van der Waals surface area contributed by atoms with E-state index >= 15 is 0 Å². The monoisotopic (exact) mass is 521 g/mol. The lowest BCUT2D eigenvalue weighted by Crippen LogP contribution is -2.34. The maximum Gasteiger partial charge on any atom is 0.342 e. The van der Waals surface area contributed by atoms with Crippen LogP contribution in [0.5, 0.6) is 11.5 Å². The van der Waals surface area contributed by atoms with Crippen molar-refractivity contribution in [3.8, 4) is 28.6 Å². The average molecular weight is 522 g/mol. The quantitative estimate of drug-likeness (QED) is 0.150. The van der Waals surface area contributed by atoms with Crippen LogP contribution in [0.25, 0.3) is 17.1 Å². The second-order valence-corrected chi connectivity index (χ2v) is 9.13. The van der Waals surface area contributed by atoms with Gasteiger partial charge in [-0.15, -0.1) is 5.10 Å². The summed E-state index contributed by atoms with van der Waals surface area (Å²) in [5.41, 5.74) is 6.12. The van der Waals surface area contributed by atoms with E-state index < -0.39 is 0 Å². The summed E-state index contributed by atoms with van der Waals surface area (Å²) >= 11 is 7.36. The summed E-state index contributed by atoms with van der Waals surface area (Å²) < 4.78 is 7.25. The Morgan fingerprint density at radius 1 is 1.19 bits per heavy atom. The van der Waals surface area contributed by atoms with Crippen molar-refractivity contribution < 1.29 is 19.2 Å². The standard InChI is InChI=1S/C26H24ClN5O3S/c1-3-35-23-14-18(6-13-22(23)33)15-28-29-24(34)16-36-26-31-30-25(19-7-4-17(2)5-8-19)32(26)21-11-9-20(27)10-12-21/h4-15H,3,16H2,1-2H3,(H2,28,29,33,34). The molecule has 8 nitrogen and oxygen atoms in total. The molecule has 4 aromatic rings. The van der Waals surface area contributed by atoms with Gasteiger partial charge >= 0.3 is 5.16 Å². The van der Waals surface area contributed by atoms with E-state index in [-0.39, 0.29) is 23.2 Å². The van der Waals surface area contributed by atoms with Crippen LogP contribution in [0.4, 0.5) is 0 Å². The molecule has 0 aliphatic heterocycles. The molecule has 0 radical (unpaired) electrons. The number of benzene rings is 3. The van der Waals surface area contributed by atoms with Crippen LogP contribution >= 0.6 is 23.4 Å². The third-order valence-corrected chi connectivity index (χ3v) is 6.28. The number of carbonyl (C=O) groups excluding carboxylic acids is 1. The van der Waals surface area contributed by atoms with Gasteiger partial charge in [-0.25, -0.2) is 5.43 Å². The minimum Gasteiger partial charge on any atom is -0.870 e. The van der Waals surface area contributed by atoms with Crippen LogP contribution in [0.3, 0.4) is 0 Å². The molecule has 0 saturated heterocycles. The molecule has 1 amide bonds. The first-order chi connectivity index (χ1) is 17.4. The molecule has 0 atom stereocenters. The van der Waals surface area contributed by atoms with Crippen LogP contribution in [0, 0.1) is 6.92 Å². The molecule has 0 aliphatic carbocycles. The Morgan fingerprint density at radius 2 is 1.94 bits per heavy atom. The van der Waals surface area contributed by atoms with Crippen LogP contribution in [-0.4, -0.2) is 34.7 Å². The van der Waals surface area contributed by atoms with Gasteiger partial charge in [-0.3, -0.25) is 4.79 Å². The number of thioether (sulfide) groups is 1. The van der Waals surface area contributed by atoms with Gasteiger partial charge in [0.1, 0.15) is 11.4 Å². The van der Waals surface area contributed by atoms with Crippen molar-refractivity contribution in [2.24, 2.45) is 5.10 Å². The van der Waals surface area contributed by atoms with Gasteiger partial charge in [-0.1, -0.05) is 47.2 Å². The summed E-state index contributed by atoms with van der Waals surface area (Å²) in [6, 6.07) is 20.1. The molecule has 36 heavy (non-hydrogen) atoms.